The van der Waals surface area contributed by atoms with Gasteiger partial charge in [0, 0.05) is 6.42 Å². The minimum Gasteiger partial charge on any atom is -0.480 e. The fraction of sp³-hybridized carbons (Fsp3) is 0.600. The number of aliphatic hydroxyl groups is 1. The van der Waals surface area contributed by atoms with Crippen LogP contribution in [0.25, 0.3) is 0 Å². The SMILES string of the molecule is CC(O)C(NC(=O)C(CCC(N)=O)NC(=O)C(CC(N)=O)NC(=O)CN)C(=O)O. The number of carboxylic acids is 1. The van der Waals surface area contributed by atoms with E-state index in [0.29, 0.717) is 0 Å². The summed E-state index contributed by atoms with van der Waals surface area (Å²) < 4.78 is 0. The molecule has 0 aliphatic heterocycles. The molecular weight excluding hydrogens is 392 g/mol. The Balaban J connectivity index is 5.45. The lowest BCUT2D eigenvalue weighted by atomic mass is 10.1. The predicted molar refractivity (Wildman–Crippen MR) is 96.4 cm³/mol. The van der Waals surface area contributed by atoms with Crippen LogP contribution in [0.1, 0.15) is 26.2 Å². The largest absolute Gasteiger partial charge is 0.480 e. The van der Waals surface area contributed by atoms with Crippen LogP contribution < -0.4 is 33.2 Å². The van der Waals surface area contributed by atoms with Gasteiger partial charge in [0.2, 0.25) is 29.5 Å². The van der Waals surface area contributed by atoms with Crippen molar-refractivity contribution in [2.24, 2.45) is 17.2 Å². The molecule has 5 amide bonds. The van der Waals surface area contributed by atoms with Gasteiger partial charge in [0.25, 0.3) is 0 Å². The second-order valence-electron chi connectivity index (χ2n) is 6.13. The molecule has 0 rings (SSSR count). The molecule has 14 heteroatoms. The summed E-state index contributed by atoms with van der Waals surface area (Å²) in [5.74, 6) is -6.07. The second-order valence-corrected chi connectivity index (χ2v) is 6.13. The number of aliphatic hydroxyl groups excluding tert-OH is 1. The highest BCUT2D eigenvalue weighted by molar-refractivity contribution is 5.95. The Morgan fingerprint density at radius 1 is 0.897 bits per heavy atom. The Labute approximate surface area is 165 Å². The van der Waals surface area contributed by atoms with E-state index in [0.717, 1.165) is 6.92 Å². The van der Waals surface area contributed by atoms with E-state index in [2.05, 4.69) is 10.6 Å². The maximum atomic E-state index is 12.4. The third-order valence-electron chi connectivity index (χ3n) is 3.60. The molecule has 0 aromatic rings. The van der Waals surface area contributed by atoms with Crippen LogP contribution >= 0.6 is 0 Å². The maximum absolute atomic E-state index is 12.4. The number of nitrogens with one attached hydrogen (secondary N) is 3. The lowest BCUT2D eigenvalue weighted by Gasteiger charge is -2.24. The van der Waals surface area contributed by atoms with Crippen molar-refractivity contribution in [2.45, 2.75) is 50.4 Å². The standard InChI is InChI=1S/C15H26N6O8/c1-6(22)12(15(28)29)21-13(26)7(2-3-9(17)23)20-14(27)8(4-10(18)24)19-11(25)5-16/h6-8,12,22H,2-5,16H2,1H3,(H2,17,23)(H2,18,24)(H,19,25)(H,20,27)(H,21,26)(H,28,29). The molecule has 29 heavy (non-hydrogen) atoms. The topological polar surface area (TPSA) is 257 Å². The number of hydrogen-bond acceptors (Lipinski definition) is 8. The van der Waals surface area contributed by atoms with Gasteiger partial charge in [0.1, 0.15) is 12.1 Å². The van der Waals surface area contributed by atoms with E-state index in [4.69, 9.17) is 22.3 Å². The number of rotatable bonds is 13. The normalized spacial score (nSPS) is 14.6. The zero-order valence-electron chi connectivity index (χ0n) is 15.7. The van der Waals surface area contributed by atoms with Crippen LogP contribution in [0, 0.1) is 0 Å². The van der Waals surface area contributed by atoms with E-state index in [1.807, 2.05) is 5.32 Å². The molecule has 0 heterocycles. The zero-order chi connectivity index (χ0) is 22.7. The quantitative estimate of drug-likeness (QED) is 0.142. The van der Waals surface area contributed by atoms with Crippen LogP contribution in [-0.4, -0.2) is 76.5 Å². The van der Waals surface area contributed by atoms with E-state index in [1.54, 1.807) is 0 Å². The molecule has 0 fully saturated rings. The van der Waals surface area contributed by atoms with Crippen molar-refractivity contribution in [3.63, 3.8) is 0 Å². The number of carbonyl (C=O) groups is 6. The minimum atomic E-state index is -1.69. The number of primary amides is 2. The lowest BCUT2D eigenvalue weighted by Crippen LogP contribution is -2.58. The molecule has 4 unspecified atom stereocenters. The molecule has 11 N–H and O–H groups in total. The Morgan fingerprint density at radius 3 is 1.86 bits per heavy atom. The van der Waals surface area contributed by atoms with Gasteiger partial charge in [0.15, 0.2) is 6.04 Å². The predicted octanol–water partition coefficient (Wildman–Crippen LogP) is -4.99. The van der Waals surface area contributed by atoms with Crippen molar-refractivity contribution in [1.29, 1.82) is 0 Å². The Hall–Kier alpha value is -3.26. The number of amides is 5. The van der Waals surface area contributed by atoms with Crippen molar-refractivity contribution >= 4 is 35.5 Å². The summed E-state index contributed by atoms with van der Waals surface area (Å²) in [6, 6.07) is -4.60. The van der Waals surface area contributed by atoms with E-state index in [9.17, 15) is 33.9 Å². The highest BCUT2D eigenvalue weighted by Crippen LogP contribution is 2.03. The van der Waals surface area contributed by atoms with Crippen molar-refractivity contribution in [2.75, 3.05) is 6.54 Å². The lowest BCUT2D eigenvalue weighted by molar-refractivity contribution is -0.145. The van der Waals surface area contributed by atoms with Gasteiger partial charge in [-0.2, -0.15) is 0 Å². The summed E-state index contributed by atoms with van der Waals surface area (Å²) >= 11 is 0. The Bertz CT molecular complexity index is 653. The summed E-state index contributed by atoms with van der Waals surface area (Å²) in [6.45, 7) is 0.643. The van der Waals surface area contributed by atoms with Gasteiger partial charge in [-0.25, -0.2) is 4.79 Å². The molecule has 0 aliphatic rings. The fourth-order valence-corrected chi connectivity index (χ4v) is 2.13. The molecule has 0 aromatic heterocycles. The monoisotopic (exact) mass is 418 g/mol. The number of carboxylic acid groups (broad SMARTS) is 1. The fourth-order valence-electron chi connectivity index (χ4n) is 2.13. The average Bonchev–Trinajstić information content (AvgIpc) is 2.60. The summed E-state index contributed by atoms with van der Waals surface area (Å²) in [6.07, 6.45) is -2.73. The van der Waals surface area contributed by atoms with E-state index >= 15 is 0 Å². The third-order valence-corrected chi connectivity index (χ3v) is 3.60. The molecule has 0 spiro atoms. The first-order valence-corrected chi connectivity index (χ1v) is 8.46. The first kappa shape index (κ1) is 25.7. The molecule has 14 nitrogen and oxygen atoms in total. The molecule has 164 valence electrons. The van der Waals surface area contributed by atoms with Gasteiger partial charge in [-0.3, -0.25) is 24.0 Å². The van der Waals surface area contributed by atoms with E-state index in [-0.39, 0.29) is 12.8 Å². The van der Waals surface area contributed by atoms with Crippen LogP contribution in [0.15, 0.2) is 0 Å². The summed E-state index contributed by atoms with van der Waals surface area (Å²) in [5, 5.41) is 24.9. The van der Waals surface area contributed by atoms with Crippen molar-refractivity contribution in [3.8, 4) is 0 Å². The van der Waals surface area contributed by atoms with Crippen LogP contribution in [0.4, 0.5) is 0 Å². The average molecular weight is 418 g/mol. The van der Waals surface area contributed by atoms with E-state index < -0.39 is 72.7 Å². The smallest absolute Gasteiger partial charge is 0.328 e. The summed E-state index contributed by atoms with van der Waals surface area (Å²) in [4.78, 5) is 69.5. The number of nitrogens with two attached hydrogens (primary N) is 3. The van der Waals surface area contributed by atoms with Crippen LogP contribution in [0.3, 0.4) is 0 Å². The van der Waals surface area contributed by atoms with Gasteiger partial charge in [-0.05, 0) is 13.3 Å². The highest BCUT2D eigenvalue weighted by atomic mass is 16.4. The Morgan fingerprint density at radius 2 is 1.45 bits per heavy atom. The third kappa shape index (κ3) is 10.0. The van der Waals surface area contributed by atoms with Crippen LogP contribution in [-0.2, 0) is 28.8 Å². The van der Waals surface area contributed by atoms with Crippen molar-refractivity contribution < 1.29 is 39.0 Å². The first-order chi connectivity index (χ1) is 13.4. The molecule has 0 saturated carbocycles. The van der Waals surface area contributed by atoms with Gasteiger partial charge < -0.3 is 43.4 Å². The van der Waals surface area contributed by atoms with Crippen molar-refractivity contribution in [3.05, 3.63) is 0 Å². The number of hydrogen-bond donors (Lipinski definition) is 8. The van der Waals surface area contributed by atoms with Gasteiger partial charge in [-0.1, -0.05) is 0 Å². The Kier molecular flexibility index (Phi) is 10.9. The van der Waals surface area contributed by atoms with E-state index in [1.165, 1.54) is 0 Å². The second kappa shape index (κ2) is 12.2. The molecule has 4 atom stereocenters. The molecular formula is C15H26N6O8. The molecule has 0 bridgehead atoms. The first-order valence-electron chi connectivity index (χ1n) is 8.46. The van der Waals surface area contributed by atoms with Crippen molar-refractivity contribution in [1.82, 2.24) is 16.0 Å². The van der Waals surface area contributed by atoms with Crippen LogP contribution in [0.2, 0.25) is 0 Å². The maximum Gasteiger partial charge on any atom is 0.328 e. The number of aliphatic carboxylic acids is 1. The van der Waals surface area contributed by atoms with Crippen LogP contribution in [0.5, 0.6) is 0 Å². The summed E-state index contributed by atoms with van der Waals surface area (Å²) in [7, 11) is 0. The summed E-state index contributed by atoms with van der Waals surface area (Å²) in [5.41, 5.74) is 15.2. The number of carbonyl (C=O) groups excluding carboxylic acids is 5. The molecule has 0 radical (unpaired) electrons. The highest BCUT2D eigenvalue weighted by Gasteiger charge is 2.31. The zero-order valence-corrected chi connectivity index (χ0v) is 15.7. The minimum absolute atomic E-state index is 0.312. The van der Waals surface area contributed by atoms with Gasteiger partial charge >= 0.3 is 5.97 Å². The molecule has 0 aliphatic carbocycles. The molecule has 0 saturated heterocycles. The molecule has 0 aromatic carbocycles. The van der Waals surface area contributed by atoms with Gasteiger partial charge in [-0.15, -0.1) is 0 Å². The van der Waals surface area contributed by atoms with Gasteiger partial charge in [0.05, 0.1) is 19.1 Å².